The number of aromatic nitrogens is 2. The first-order valence-corrected chi connectivity index (χ1v) is 6.73. The van der Waals surface area contributed by atoms with Gasteiger partial charge in [-0.3, -0.25) is 0 Å². The molecule has 0 saturated heterocycles. The van der Waals surface area contributed by atoms with E-state index in [2.05, 4.69) is 15.3 Å². The smallest absolute Gasteiger partial charge is 0.165 e. The lowest BCUT2D eigenvalue weighted by molar-refractivity contribution is 0.477. The topological polar surface area (TPSA) is 61.3 Å². The number of aromatic hydroxyl groups is 1. The average Bonchev–Trinajstić information content (AvgIpc) is 2.46. The number of anilines is 1. The average molecular weight is 270 g/mol. The van der Waals surface area contributed by atoms with E-state index >= 15 is 0 Å². The van der Waals surface area contributed by atoms with Gasteiger partial charge in [0, 0.05) is 26.2 Å². The predicted octanol–water partition coefficient (Wildman–Crippen LogP) is 1.56. The zero-order valence-corrected chi connectivity index (χ0v) is 11.7. The second-order valence-corrected chi connectivity index (χ2v) is 5.13. The first-order chi connectivity index (χ1) is 9.66. The molecular weight excluding hydrogens is 252 g/mol. The number of fused-ring (bicyclic) bond motifs is 1. The molecule has 5 heteroatoms. The van der Waals surface area contributed by atoms with Gasteiger partial charge in [-0.2, -0.15) is 0 Å². The molecule has 0 amide bonds. The summed E-state index contributed by atoms with van der Waals surface area (Å²) in [5.74, 6) is 1.73. The summed E-state index contributed by atoms with van der Waals surface area (Å²) in [7, 11) is 3.97. The molecule has 0 unspecified atom stereocenters. The molecule has 0 fully saturated rings. The lowest BCUT2D eigenvalue weighted by Crippen LogP contribution is -2.28. The number of benzene rings is 1. The number of nitrogens with zero attached hydrogens (tertiary/aromatic N) is 3. The zero-order valence-electron chi connectivity index (χ0n) is 11.7. The van der Waals surface area contributed by atoms with Crippen LogP contribution in [0.15, 0.2) is 24.3 Å². The van der Waals surface area contributed by atoms with E-state index in [4.69, 9.17) is 0 Å². The van der Waals surface area contributed by atoms with Crippen LogP contribution < -0.4 is 10.2 Å². The summed E-state index contributed by atoms with van der Waals surface area (Å²) in [6.45, 7) is 1.70. The number of para-hydroxylation sites is 1. The summed E-state index contributed by atoms with van der Waals surface area (Å²) in [5.41, 5.74) is 2.89. The fourth-order valence-electron chi connectivity index (χ4n) is 2.49. The highest BCUT2D eigenvalue weighted by molar-refractivity contribution is 5.66. The van der Waals surface area contributed by atoms with E-state index in [1.165, 1.54) is 5.56 Å². The molecule has 5 nitrogen and oxygen atoms in total. The van der Waals surface area contributed by atoms with Gasteiger partial charge < -0.3 is 15.3 Å². The van der Waals surface area contributed by atoms with Crippen molar-refractivity contribution in [1.82, 2.24) is 15.3 Å². The highest BCUT2D eigenvalue weighted by atomic mass is 16.3. The first-order valence-electron chi connectivity index (χ1n) is 6.73. The minimum absolute atomic E-state index is 0.209. The molecule has 0 spiro atoms. The molecule has 1 aliphatic rings. The van der Waals surface area contributed by atoms with Gasteiger partial charge in [-0.25, -0.2) is 9.97 Å². The number of hydrogen-bond donors (Lipinski definition) is 2. The molecule has 0 aliphatic carbocycles. The van der Waals surface area contributed by atoms with Crippen molar-refractivity contribution in [3.8, 4) is 17.1 Å². The van der Waals surface area contributed by atoms with Crippen molar-refractivity contribution in [3.05, 3.63) is 35.5 Å². The largest absolute Gasteiger partial charge is 0.507 e. The summed E-state index contributed by atoms with van der Waals surface area (Å²) in [6.07, 6.45) is 0.934. The molecule has 104 valence electrons. The maximum atomic E-state index is 9.99. The highest BCUT2D eigenvalue weighted by Crippen LogP contribution is 2.30. The Morgan fingerprint density at radius 3 is 2.75 bits per heavy atom. The Hall–Kier alpha value is -2.14. The van der Waals surface area contributed by atoms with Gasteiger partial charge in [-0.1, -0.05) is 12.1 Å². The van der Waals surface area contributed by atoms with E-state index in [-0.39, 0.29) is 5.75 Å². The summed E-state index contributed by atoms with van der Waals surface area (Å²) < 4.78 is 0. The van der Waals surface area contributed by atoms with Crippen LogP contribution in [0.2, 0.25) is 0 Å². The fourth-order valence-corrected chi connectivity index (χ4v) is 2.49. The highest BCUT2D eigenvalue weighted by Gasteiger charge is 2.20. The molecule has 2 heterocycles. The monoisotopic (exact) mass is 270 g/mol. The lowest BCUT2D eigenvalue weighted by Gasteiger charge is -2.23. The van der Waals surface area contributed by atoms with Gasteiger partial charge in [-0.05, 0) is 25.1 Å². The quantitative estimate of drug-likeness (QED) is 0.867. The molecule has 0 saturated carbocycles. The van der Waals surface area contributed by atoms with Gasteiger partial charge in [0.25, 0.3) is 0 Å². The van der Waals surface area contributed by atoms with Crippen molar-refractivity contribution in [2.75, 3.05) is 25.5 Å². The molecular formula is C15H18N4O. The lowest BCUT2D eigenvalue weighted by atomic mass is 10.1. The van der Waals surface area contributed by atoms with Crippen molar-refractivity contribution >= 4 is 5.82 Å². The first kappa shape index (κ1) is 12.9. The van der Waals surface area contributed by atoms with E-state index in [1.807, 2.05) is 31.1 Å². The summed E-state index contributed by atoms with van der Waals surface area (Å²) in [4.78, 5) is 11.3. The van der Waals surface area contributed by atoms with Gasteiger partial charge in [0.1, 0.15) is 11.6 Å². The maximum Gasteiger partial charge on any atom is 0.165 e. The van der Waals surface area contributed by atoms with Crippen molar-refractivity contribution in [3.63, 3.8) is 0 Å². The second kappa shape index (κ2) is 5.09. The predicted molar refractivity (Wildman–Crippen MR) is 78.9 cm³/mol. The number of phenolic OH excluding ortho intramolecular Hbond substituents is 1. The van der Waals surface area contributed by atoms with Gasteiger partial charge >= 0.3 is 0 Å². The number of nitrogens with one attached hydrogen (secondary N) is 1. The minimum atomic E-state index is 0.209. The number of hydrogen-bond acceptors (Lipinski definition) is 5. The molecule has 20 heavy (non-hydrogen) atoms. The molecule has 1 aromatic heterocycles. The second-order valence-electron chi connectivity index (χ2n) is 5.13. The molecule has 0 bridgehead atoms. The van der Waals surface area contributed by atoms with Crippen LogP contribution in [0.25, 0.3) is 11.4 Å². The third kappa shape index (κ3) is 2.20. The van der Waals surface area contributed by atoms with Crippen molar-refractivity contribution in [2.24, 2.45) is 0 Å². The normalized spacial score (nSPS) is 13.9. The number of phenols is 1. The summed E-state index contributed by atoms with van der Waals surface area (Å²) in [5, 5.41) is 13.3. The molecule has 0 atom stereocenters. The molecule has 1 aromatic carbocycles. The summed E-state index contributed by atoms with van der Waals surface area (Å²) >= 11 is 0. The van der Waals surface area contributed by atoms with Crippen LogP contribution in [0.1, 0.15) is 11.3 Å². The Kier molecular flexibility index (Phi) is 3.28. The Labute approximate surface area is 118 Å². The Morgan fingerprint density at radius 1 is 1.20 bits per heavy atom. The molecule has 2 N–H and O–H groups in total. The molecule has 2 aromatic rings. The Morgan fingerprint density at radius 2 is 2.00 bits per heavy atom. The van der Waals surface area contributed by atoms with Crippen molar-refractivity contribution in [2.45, 2.75) is 13.0 Å². The van der Waals surface area contributed by atoms with Crippen LogP contribution in [0.5, 0.6) is 5.75 Å². The number of rotatable bonds is 2. The van der Waals surface area contributed by atoms with E-state index in [0.717, 1.165) is 31.0 Å². The zero-order chi connectivity index (χ0) is 14.1. The van der Waals surface area contributed by atoms with E-state index in [9.17, 15) is 5.11 Å². The third-order valence-electron chi connectivity index (χ3n) is 3.48. The molecule has 3 rings (SSSR count). The van der Waals surface area contributed by atoms with Gasteiger partial charge in [0.2, 0.25) is 0 Å². The van der Waals surface area contributed by atoms with Crippen LogP contribution in [-0.4, -0.2) is 35.7 Å². The Balaban J connectivity index is 2.18. The maximum absolute atomic E-state index is 9.99. The molecule has 0 radical (unpaired) electrons. The fraction of sp³-hybridized carbons (Fsp3) is 0.333. The van der Waals surface area contributed by atoms with Gasteiger partial charge in [0.15, 0.2) is 5.82 Å². The summed E-state index contributed by atoms with van der Waals surface area (Å²) in [6, 6.07) is 7.18. The van der Waals surface area contributed by atoms with Crippen molar-refractivity contribution < 1.29 is 5.11 Å². The van der Waals surface area contributed by atoms with E-state index in [1.54, 1.807) is 12.1 Å². The molecule has 1 aliphatic heterocycles. The van der Waals surface area contributed by atoms with E-state index in [0.29, 0.717) is 11.4 Å². The van der Waals surface area contributed by atoms with E-state index < -0.39 is 0 Å². The van der Waals surface area contributed by atoms with Gasteiger partial charge in [0.05, 0.1) is 11.3 Å². The minimum Gasteiger partial charge on any atom is -0.507 e. The van der Waals surface area contributed by atoms with Crippen LogP contribution in [-0.2, 0) is 13.0 Å². The van der Waals surface area contributed by atoms with Crippen molar-refractivity contribution in [1.29, 1.82) is 0 Å². The van der Waals surface area contributed by atoms with Crippen LogP contribution in [0.4, 0.5) is 5.82 Å². The third-order valence-corrected chi connectivity index (χ3v) is 3.48. The Bertz CT molecular complexity index is 640. The van der Waals surface area contributed by atoms with Gasteiger partial charge in [-0.15, -0.1) is 0 Å². The SMILES string of the molecule is CN(C)c1nc(-c2ccccc2O)nc2c1CCNC2. The standard InChI is InChI=1S/C15H18N4O/c1-19(2)15-10-7-8-16-9-12(10)17-14(18-15)11-5-3-4-6-13(11)20/h3-6,16,20H,7-9H2,1-2H3. The van der Waals surface area contributed by atoms with Crippen LogP contribution in [0.3, 0.4) is 0 Å². The van der Waals surface area contributed by atoms with Crippen LogP contribution in [0, 0.1) is 0 Å². The van der Waals surface area contributed by atoms with Crippen LogP contribution >= 0.6 is 0 Å².